The third-order valence-corrected chi connectivity index (χ3v) is 22.0. The largest absolute Gasteiger partial charge is 0.508 e. The number of benzene rings is 3. The molecule has 1 aliphatic heterocycles. The van der Waals surface area contributed by atoms with Crippen molar-refractivity contribution in [2.24, 2.45) is 17.6 Å². The molecule has 38 heteroatoms. The summed E-state index contributed by atoms with van der Waals surface area (Å²) in [5, 5.41) is 88.3. The molecule has 38 nitrogen and oxygen atoms in total. The van der Waals surface area contributed by atoms with Crippen LogP contribution < -0.4 is 80.2 Å². The Balaban J connectivity index is 1.44. The number of fused-ring (bicyclic) bond motifs is 1. The number of aliphatic carboxylic acids is 2. The minimum atomic E-state index is -2.07. The number of aliphatic hydroxyl groups is 2. The van der Waals surface area contributed by atoms with Crippen LogP contribution in [0.3, 0.4) is 0 Å². The van der Waals surface area contributed by atoms with Gasteiger partial charge in [-0.3, -0.25) is 81.5 Å². The molecule has 0 radical (unpaired) electrons. The van der Waals surface area contributed by atoms with Crippen molar-refractivity contribution in [3.8, 4) is 5.75 Å². The second kappa shape index (κ2) is 49.2. The fourth-order valence-corrected chi connectivity index (χ4v) is 14.3. The zero-order valence-corrected chi connectivity index (χ0v) is 72.2. The number of aromatic amines is 1. The summed E-state index contributed by atoms with van der Waals surface area (Å²) in [5.74, 6) is -17.7. The van der Waals surface area contributed by atoms with Gasteiger partial charge in [-0.05, 0) is 152 Å². The lowest BCUT2D eigenvalue weighted by atomic mass is 9.80. The molecule has 3 aromatic carbocycles. The molecule has 2 heterocycles. The number of H-pyrrole nitrogens is 1. The molecule has 6 rings (SSSR count). The first-order chi connectivity index (χ1) is 59.1. The molecule has 1 fully saturated rings. The quantitative estimate of drug-likeness (QED) is 0.0295. The number of hydrogen-bond acceptors (Lipinski definition) is 20. The fraction of sp³-hybridized carbons (Fsp3) is 0.552. The number of carbonyl (C=O) groups is 17. The average Bonchev–Trinajstić information content (AvgIpc) is 1.80. The van der Waals surface area contributed by atoms with Crippen LogP contribution in [-0.2, 0) is 101 Å². The number of primary amides is 1. The highest BCUT2D eigenvalue weighted by Crippen LogP contribution is 2.31. The van der Waals surface area contributed by atoms with Crippen LogP contribution in [0.2, 0.25) is 0 Å². The Bertz CT molecular complexity index is 4460. The van der Waals surface area contributed by atoms with Crippen molar-refractivity contribution in [2.75, 3.05) is 6.61 Å². The summed E-state index contributed by atoms with van der Waals surface area (Å²) in [6.07, 6.45) is 4.67. The van der Waals surface area contributed by atoms with Crippen molar-refractivity contribution >= 4 is 111 Å². The predicted octanol–water partition coefficient (Wildman–Crippen LogP) is 0.453. The smallest absolute Gasteiger partial charge is 0.325 e. The number of allylic oxidation sites excluding steroid dienone is 2. The van der Waals surface area contributed by atoms with Crippen molar-refractivity contribution in [2.45, 2.75) is 287 Å². The molecule has 0 spiro atoms. The molecule has 1 saturated carbocycles. The Labute approximate surface area is 725 Å². The van der Waals surface area contributed by atoms with Crippen LogP contribution in [0.5, 0.6) is 5.75 Å². The number of nitrogens with two attached hydrogens (primary N) is 1. The number of carboxylic acid groups (broad SMARTS) is 2. The minimum Gasteiger partial charge on any atom is -0.508 e. The fourth-order valence-electron chi connectivity index (χ4n) is 14.3. The maximum atomic E-state index is 15.5. The van der Waals surface area contributed by atoms with Crippen LogP contribution in [-0.4, -0.2) is 227 Å². The van der Waals surface area contributed by atoms with Gasteiger partial charge in [0.15, 0.2) is 0 Å². The molecule has 0 unspecified atom stereocenters. The van der Waals surface area contributed by atoms with E-state index in [2.05, 4.69) is 79.4 Å². The average molecular weight is 1750 g/mol. The number of aromatic hydroxyl groups is 1. The number of carboxylic acids is 2. The number of aliphatic hydroxyl groups excluding tert-OH is 2. The lowest BCUT2D eigenvalue weighted by Gasteiger charge is -2.35. The monoisotopic (exact) mass is 1740 g/mol. The number of carbonyl (C=O) groups excluding carboxylic acids is 15. The molecule has 684 valence electrons. The molecule has 0 saturated heterocycles. The lowest BCUT2D eigenvalue weighted by molar-refractivity contribution is -0.142. The maximum Gasteiger partial charge on any atom is 0.325 e. The summed E-state index contributed by atoms with van der Waals surface area (Å²) < 4.78 is 0. The topological polar surface area (TPSA) is 602 Å². The van der Waals surface area contributed by atoms with Crippen molar-refractivity contribution in [3.05, 3.63) is 114 Å². The van der Waals surface area contributed by atoms with Gasteiger partial charge in [-0.1, -0.05) is 125 Å². The van der Waals surface area contributed by atoms with E-state index in [-0.39, 0.29) is 75.4 Å². The highest BCUT2D eigenvalue weighted by molar-refractivity contribution is 6.02. The van der Waals surface area contributed by atoms with Crippen LogP contribution in [0, 0.1) is 11.8 Å². The number of phenols is 1. The Morgan fingerprint density at radius 3 is 1.73 bits per heavy atom. The second-order valence-electron chi connectivity index (χ2n) is 33.2. The summed E-state index contributed by atoms with van der Waals surface area (Å²) in [5.41, 5.74) is 3.46. The number of amides is 15. The molecular weight excluding hydrogens is 1620 g/mol. The molecule has 1 aliphatic carbocycles. The van der Waals surface area contributed by atoms with Gasteiger partial charge in [0.25, 0.3) is 0 Å². The van der Waals surface area contributed by atoms with Crippen LogP contribution in [0.4, 0.5) is 0 Å². The summed E-state index contributed by atoms with van der Waals surface area (Å²) >= 11 is 0. The summed E-state index contributed by atoms with van der Waals surface area (Å²) in [7, 11) is 0. The molecule has 15 amide bonds. The van der Waals surface area contributed by atoms with Gasteiger partial charge in [0.05, 0.1) is 12.7 Å². The number of rotatable bonds is 32. The van der Waals surface area contributed by atoms with Gasteiger partial charge in [0.1, 0.15) is 89.3 Å². The molecule has 1 aromatic heterocycles. The van der Waals surface area contributed by atoms with Crippen molar-refractivity contribution in [3.63, 3.8) is 0 Å². The van der Waals surface area contributed by atoms with Gasteiger partial charge in [-0.15, -0.1) is 0 Å². The van der Waals surface area contributed by atoms with Crippen LogP contribution >= 0.6 is 0 Å². The van der Waals surface area contributed by atoms with Gasteiger partial charge in [0.2, 0.25) is 88.6 Å². The molecule has 4 aromatic rings. The summed E-state index contributed by atoms with van der Waals surface area (Å²) in [4.78, 5) is 242. The minimum absolute atomic E-state index is 0.000411. The summed E-state index contributed by atoms with van der Waals surface area (Å²) in [6.45, 7) is 11.4. The van der Waals surface area contributed by atoms with E-state index in [1.807, 2.05) is 12.2 Å². The number of para-hydroxylation sites is 1. The van der Waals surface area contributed by atoms with E-state index >= 15 is 28.8 Å². The zero-order chi connectivity index (χ0) is 92.4. The van der Waals surface area contributed by atoms with E-state index in [1.54, 1.807) is 74.6 Å². The highest BCUT2D eigenvalue weighted by Gasteiger charge is 2.44. The van der Waals surface area contributed by atoms with E-state index in [0.717, 1.165) is 6.42 Å². The third kappa shape index (κ3) is 33.0. The van der Waals surface area contributed by atoms with Gasteiger partial charge in [-0.2, -0.15) is 0 Å². The van der Waals surface area contributed by atoms with Gasteiger partial charge >= 0.3 is 11.9 Å². The van der Waals surface area contributed by atoms with Gasteiger partial charge < -0.3 is 111 Å². The zero-order valence-electron chi connectivity index (χ0n) is 72.2. The van der Waals surface area contributed by atoms with Crippen molar-refractivity contribution in [1.82, 2.24) is 79.4 Å². The predicted molar refractivity (Wildman–Crippen MR) is 457 cm³/mol. The molecule has 125 heavy (non-hydrogen) atoms. The van der Waals surface area contributed by atoms with Gasteiger partial charge in [0, 0.05) is 56.1 Å². The van der Waals surface area contributed by atoms with E-state index in [4.69, 9.17) is 5.73 Å². The summed E-state index contributed by atoms with van der Waals surface area (Å²) in [6, 6.07) is 1.88. The van der Waals surface area contributed by atoms with Crippen molar-refractivity contribution in [1.29, 1.82) is 0 Å². The van der Waals surface area contributed by atoms with E-state index in [1.165, 1.54) is 72.7 Å². The van der Waals surface area contributed by atoms with Crippen LogP contribution in [0.15, 0.2) is 97.2 Å². The SMILES string of the molecule is CC(=O)N[C@@H](CC(C)C)C(=O)N[C@H](C(=O)N[C@@H](Cc1ccccc1)C(=O)N[C@]1(C)CCCCCC/C=C/CCC[C@@](C)(C(=O)N[C@@H](CO)C(=O)N[C@@H](C)C(=O)N[C@@H](C)C(=O)O)NC(=O)[C@H](CC2CCC2)NC(=O)[C@H](CCC(N)=O)NC(=O)[C@H](C)NC(=O)[C@H](Cc2c[nH]c3ccccc23)NC(=O)[C@H](Cc2ccc(O)cc2)NC(=O)[C@H](CCC(=O)O)NC1=O)[C@@H](C)O. The Morgan fingerprint density at radius 2 is 1.12 bits per heavy atom. The van der Waals surface area contributed by atoms with Crippen LogP contribution in [0.1, 0.15) is 195 Å². The van der Waals surface area contributed by atoms with Crippen molar-refractivity contribution < 1.29 is 107 Å². The first-order valence-corrected chi connectivity index (χ1v) is 42.4. The highest BCUT2D eigenvalue weighted by atomic mass is 16.4. The molecule has 15 atom stereocenters. The number of hydrogen-bond donors (Lipinski definition) is 21. The normalized spacial score (nSPS) is 22.9. The molecule has 0 bridgehead atoms. The molecular formula is C87H124N16O22. The maximum absolute atomic E-state index is 15.5. The van der Waals surface area contributed by atoms with E-state index in [9.17, 15) is 78.3 Å². The number of phenolic OH excluding ortho intramolecular Hbond substituents is 1. The Hall–Kier alpha value is -12.4. The first-order valence-electron chi connectivity index (χ1n) is 42.4. The number of nitrogens with one attached hydrogen (secondary N) is 15. The molecule has 22 N–H and O–H groups in total. The Morgan fingerprint density at radius 1 is 0.544 bits per heavy atom. The van der Waals surface area contributed by atoms with E-state index < -0.39 is 229 Å². The first kappa shape index (κ1) is 101. The van der Waals surface area contributed by atoms with Crippen LogP contribution in [0.25, 0.3) is 10.9 Å². The van der Waals surface area contributed by atoms with E-state index in [0.29, 0.717) is 66.1 Å². The lowest BCUT2D eigenvalue weighted by Crippen LogP contribution is -2.65. The standard InChI is InChI=1S/C87H124N16O22/c1-48(2)41-63(93-53(7)106)78(117)101-71(52(6)105)82(121)98-66(42-54-25-18-17-19-26-54)81(120)103-86(8)39-22-15-13-11-10-12-14-16-23-40-87(9,85(125)100-68(47-104)79(118)91-49(3)72(111)92-51(5)83(122)123)102-80(119)65(43-55-27-24-28-55)96-74(113)61(35-37-69(88)108)94-73(112)50(4)90-76(115)67(45-57-46-89-60-30-21-20-29-59(57)60)97-77(116)64(44-56-31-33-58(107)34-32-56)95-75(114)62(99-84(86)124)36-38-70(109)110/h12,14,17-21,25-26,29-34,46,48-52,55,61-68,71,89,104-105,107H,10-11,13,15-16,22-24,27-28,35-45,47H2,1-9H3,(H2,88,108)(H,90,115)(H,91,118)(H,92,111)(H,93,106)(H,94,112)(H,95,114)(H,96,113)(H,97,116)(H,98,121)(H,99,124)(H,100,125)(H,101,117)(H,102,119)(H,103,120)(H,109,110)(H,122,123)/b14-12+/t49-,50-,51-,52+,61-,62-,63-,64-,65-,66-,67-,68-,71-,86+,87-/m0/s1. The molecule has 2 aliphatic rings. The second-order valence-corrected chi connectivity index (χ2v) is 33.2. The third-order valence-electron chi connectivity index (χ3n) is 22.0. The number of aromatic nitrogens is 1. The van der Waals surface area contributed by atoms with Gasteiger partial charge in [-0.25, -0.2) is 0 Å². The Kier molecular flexibility index (Phi) is 39.9.